The summed E-state index contributed by atoms with van der Waals surface area (Å²) in [6.45, 7) is 3.37. The van der Waals surface area contributed by atoms with Gasteiger partial charge in [0.1, 0.15) is 0 Å². The first-order valence-electron chi connectivity index (χ1n) is 10.7. The van der Waals surface area contributed by atoms with Crippen LogP contribution in [0, 0.1) is 5.92 Å². The van der Waals surface area contributed by atoms with E-state index in [1.54, 1.807) is 30.3 Å². The summed E-state index contributed by atoms with van der Waals surface area (Å²) in [5.41, 5.74) is 2.28. The van der Waals surface area contributed by atoms with Gasteiger partial charge in [-0.1, -0.05) is 30.3 Å². The average molecular weight is 428 g/mol. The zero-order chi connectivity index (χ0) is 21.0. The van der Waals surface area contributed by atoms with Gasteiger partial charge in [0.2, 0.25) is 15.9 Å². The molecule has 160 valence electrons. The van der Waals surface area contributed by atoms with Gasteiger partial charge in [-0.05, 0) is 55.5 Å². The summed E-state index contributed by atoms with van der Waals surface area (Å²) >= 11 is 0. The minimum Gasteiger partial charge on any atom is -0.372 e. The number of nitrogens with one attached hydrogen (secondary N) is 1. The molecular formula is C23H29N3O3S. The van der Waals surface area contributed by atoms with Crippen LogP contribution in [0.2, 0.25) is 0 Å². The Labute approximate surface area is 178 Å². The predicted octanol–water partition coefficient (Wildman–Crippen LogP) is 3.00. The van der Waals surface area contributed by atoms with E-state index in [-0.39, 0.29) is 23.3 Å². The highest BCUT2D eigenvalue weighted by Crippen LogP contribution is 2.24. The predicted molar refractivity (Wildman–Crippen MR) is 118 cm³/mol. The summed E-state index contributed by atoms with van der Waals surface area (Å²) in [4.78, 5) is 15.4. The molecule has 30 heavy (non-hydrogen) atoms. The molecule has 7 heteroatoms. The van der Waals surface area contributed by atoms with Gasteiger partial charge in [0.25, 0.3) is 0 Å². The van der Waals surface area contributed by atoms with Gasteiger partial charge in [0, 0.05) is 38.4 Å². The lowest BCUT2D eigenvalue weighted by Gasteiger charge is -2.31. The fraction of sp³-hybridized carbons (Fsp3) is 0.435. The zero-order valence-corrected chi connectivity index (χ0v) is 18.0. The SMILES string of the molecule is O=C(NCc1ccc(N2CCCC2)cc1)[C@@H]1CCCN(S(=O)(=O)c2ccccc2)C1. The Morgan fingerprint density at radius 2 is 1.63 bits per heavy atom. The Morgan fingerprint density at radius 3 is 2.33 bits per heavy atom. The minimum atomic E-state index is -3.56. The summed E-state index contributed by atoms with van der Waals surface area (Å²) < 4.78 is 27.2. The highest BCUT2D eigenvalue weighted by atomic mass is 32.2. The smallest absolute Gasteiger partial charge is 0.243 e. The monoisotopic (exact) mass is 427 g/mol. The second kappa shape index (κ2) is 9.18. The maximum atomic E-state index is 12.9. The van der Waals surface area contributed by atoms with E-state index in [0.29, 0.717) is 25.9 Å². The third-order valence-electron chi connectivity index (χ3n) is 6.01. The van der Waals surface area contributed by atoms with Gasteiger partial charge in [-0.2, -0.15) is 4.31 Å². The number of carbonyl (C=O) groups is 1. The molecule has 2 aromatic carbocycles. The van der Waals surface area contributed by atoms with Crippen LogP contribution in [-0.2, 0) is 21.4 Å². The second-order valence-electron chi connectivity index (χ2n) is 8.09. The number of hydrogen-bond acceptors (Lipinski definition) is 4. The highest BCUT2D eigenvalue weighted by Gasteiger charge is 2.33. The van der Waals surface area contributed by atoms with E-state index in [1.165, 1.54) is 22.8 Å². The molecule has 6 nitrogen and oxygen atoms in total. The molecule has 1 atom stereocenters. The van der Waals surface area contributed by atoms with Crippen molar-refractivity contribution in [3.63, 3.8) is 0 Å². The summed E-state index contributed by atoms with van der Waals surface area (Å²) in [5, 5.41) is 3.00. The maximum absolute atomic E-state index is 12.9. The molecule has 2 aromatic rings. The van der Waals surface area contributed by atoms with Crippen LogP contribution in [0.3, 0.4) is 0 Å². The van der Waals surface area contributed by atoms with Gasteiger partial charge in [0.05, 0.1) is 10.8 Å². The van der Waals surface area contributed by atoms with Crippen molar-refractivity contribution >= 4 is 21.6 Å². The third kappa shape index (κ3) is 4.68. The number of carbonyl (C=O) groups excluding carboxylic acids is 1. The van der Waals surface area contributed by atoms with Crippen molar-refractivity contribution in [1.29, 1.82) is 0 Å². The van der Waals surface area contributed by atoms with E-state index < -0.39 is 10.0 Å². The van der Waals surface area contributed by atoms with Crippen LogP contribution in [0.1, 0.15) is 31.2 Å². The normalized spacial score (nSPS) is 20.3. The number of benzene rings is 2. The average Bonchev–Trinajstić information content (AvgIpc) is 3.33. The molecule has 1 amide bonds. The van der Waals surface area contributed by atoms with Gasteiger partial charge in [-0.3, -0.25) is 4.79 Å². The minimum absolute atomic E-state index is 0.0772. The quantitative estimate of drug-likeness (QED) is 0.769. The van der Waals surface area contributed by atoms with Crippen molar-refractivity contribution in [1.82, 2.24) is 9.62 Å². The molecule has 0 aliphatic carbocycles. The lowest BCUT2D eigenvalue weighted by atomic mass is 9.98. The number of piperidine rings is 1. The first-order chi connectivity index (χ1) is 14.5. The molecule has 1 N–H and O–H groups in total. The fourth-order valence-electron chi connectivity index (χ4n) is 4.25. The van der Waals surface area contributed by atoms with Crippen LogP contribution in [-0.4, -0.2) is 44.8 Å². The molecule has 0 spiro atoms. The molecular weight excluding hydrogens is 398 g/mol. The van der Waals surface area contributed by atoms with Crippen LogP contribution in [0.4, 0.5) is 5.69 Å². The van der Waals surface area contributed by atoms with Crippen LogP contribution >= 0.6 is 0 Å². The third-order valence-corrected chi connectivity index (χ3v) is 7.89. The van der Waals surface area contributed by atoms with Crippen LogP contribution in [0.5, 0.6) is 0 Å². The molecule has 2 saturated heterocycles. The topological polar surface area (TPSA) is 69.7 Å². The van der Waals surface area contributed by atoms with Crippen molar-refractivity contribution in [2.75, 3.05) is 31.1 Å². The van der Waals surface area contributed by atoms with Gasteiger partial charge < -0.3 is 10.2 Å². The van der Waals surface area contributed by atoms with E-state index in [1.807, 2.05) is 0 Å². The maximum Gasteiger partial charge on any atom is 0.243 e. The summed E-state index contributed by atoms with van der Waals surface area (Å²) in [6.07, 6.45) is 3.89. The van der Waals surface area contributed by atoms with E-state index in [0.717, 1.165) is 18.7 Å². The Balaban J connectivity index is 1.33. The van der Waals surface area contributed by atoms with Crippen molar-refractivity contribution in [2.45, 2.75) is 37.1 Å². The standard InChI is InChI=1S/C23H29N3O3S/c27-23(24-17-19-10-12-21(13-11-19)25-14-4-5-15-25)20-7-6-16-26(18-20)30(28,29)22-8-2-1-3-9-22/h1-3,8-13,20H,4-7,14-18H2,(H,24,27)/t20-/m1/s1. The molecule has 0 unspecified atom stereocenters. The first kappa shape index (κ1) is 20.9. The largest absolute Gasteiger partial charge is 0.372 e. The molecule has 0 radical (unpaired) electrons. The van der Waals surface area contributed by atoms with Crippen molar-refractivity contribution in [3.8, 4) is 0 Å². The van der Waals surface area contributed by atoms with Crippen LogP contribution < -0.4 is 10.2 Å². The van der Waals surface area contributed by atoms with Crippen LogP contribution in [0.25, 0.3) is 0 Å². The Kier molecular flexibility index (Phi) is 6.39. The van der Waals surface area contributed by atoms with Crippen molar-refractivity contribution < 1.29 is 13.2 Å². The van der Waals surface area contributed by atoms with Crippen LogP contribution in [0.15, 0.2) is 59.5 Å². The molecule has 0 saturated carbocycles. The number of sulfonamides is 1. The van der Waals surface area contributed by atoms with Gasteiger partial charge >= 0.3 is 0 Å². The lowest BCUT2D eigenvalue weighted by molar-refractivity contribution is -0.126. The van der Waals surface area contributed by atoms with Crippen molar-refractivity contribution in [3.05, 3.63) is 60.2 Å². The number of amides is 1. The summed E-state index contributed by atoms with van der Waals surface area (Å²) in [7, 11) is -3.56. The summed E-state index contributed by atoms with van der Waals surface area (Å²) in [6, 6.07) is 16.8. The zero-order valence-electron chi connectivity index (χ0n) is 17.2. The molecule has 2 aliphatic rings. The molecule has 2 aliphatic heterocycles. The lowest BCUT2D eigenvalue weighted by Crippen LogP contribution is -2.45. The van der Waals surface area contributed by atoms with E-state index in [4.69, 9.17) is 0 Å². The van der Waals surface area contributed by atoms with Gasteiger partial charge in [-0.25, -0.2) is 8.42 Å². The van der Waals surface area contributed by atoms with E-state index in [2.05, 4.69) is 34.5 Å². The number of rotatable bonds is 6. The van der Waals surface area contributed by atoms with Crippen molar-refractivity contribution in [2.24, 2.45) is 5.92 Å². The van der Waals surface area contributed by atoms with E-state index >= 15 is 0 Å². The number of nitrogens with zero attached hydrogens (tertiary/aromatic N) is 2. The number of hydrogen-bond donors (Lipinski definition) is 1. The molecule has 2 fully saturated rings. The Bertz CT molecular complexity index is 955. The van der Waals surface area contributed by atoms with E-state index in [9.17, 15) is 13.2 Å². The number of anilines is 1. The highest BCUT2D eigenvalue weighted by molar-refractivity contribution is 7.89. The fourth-order valence-corrected chi connectivity index (χ4v) is 5.79. The molecule has 0 bridgehead atoms. The second-order valence-corrected chi connectivity index (χ2v) is 10.0. The molecule has 4 rings (SSSR count). The Morgan fingerprint density at radius 1 is 0.933 bits per heavy atom. The molecule has 2 heterocycles. The van der Waals surface area contributed by atoms with Gasteiger partial charge in [-0.15, -0.1) is 0 Å². The Hall–Kier alpha value is -2.38. The molecule has 0 aromatic heterocycles. The first-order valence-corrected chi connectivity index (χ1v) is 12.1. The van der Waals surface area contributed by atoms with Gasteiger partial charge in [0.15, 0.2) is 0 Å². The summed E-state index contributed by atoms with van der Waals surface area (Å²) in [5.74, 6) is -0.396.